The summed E-state index contributed by atoms with van der Waals surface area (Å²) in [6.07, 6.45) is -4.05. The third kappa shape index (κ3) is 3.67. The van der Waals surface area contributed by atoms with Gasteiger partial charge in [-0.2, -0.15) is 13.2 Å². The van der Waals surface area contributed by atoms with Gasteiger partial charge in [-0.3, -0.25) is 0 Å². The summed E-state index contributed by atoms with van der Waals surface area (Å²) >= 11 is 3.28. The molecule has 3 rings (SSSR count). The van der Waals surface area contributed by atoms with E-state index >= 15 is 0 Å². The predicted octanol–water partition coefficient (Wildman–Crippen LogP) is 5.62. The normalized spacial score (nSPS) is 17.6. The van der Waals surface area contributed by atoms with Crippen molar-refractivity contribution < 1.29 is 18.0 Å². The van der Waals surface area contributed by atoms with E-state index in [1.807, 2.05) is 18.2 Å². The number of benzene rings is 2. The van der Waals surface area contributed by atoms with E-state index in [2.05, 4.69) is 26.4 Å². The molecule has 0 amide bonds. The highest BCUT2D eigenvalue weighted by Crippen LogP contribution is 2.36. The van der Waals surface area contributed by atoms with Crippen molar-refractivity contribution in [3.05, 3.63) is 59.7 Å². The van der Waals surface area contributed by atoms with Gasteiger partial charge in [-0.05, 0) is 40.2 Å². The maximum atomic E-state index is 12.8. The second kappa shape index (κ2) is 6.23. The summed E-state index contributed by atoms with van der Waals surface area (Å²) in [5, 5.41) is 6.88. The maximum Gasteiger partial charge on any atom is 0.416 e. The first-order valence-corrected chi connectivity index (χ1v) is 7.64. The molecule has 0 radical (unpaired) electrons. The van der Waals surface area contributed by atoms with E-state index < -0.39 is 11.7 Å². The average Bonchev–Trinajstić information content (AvgIpc) is 2.94. The number of nitrogens with zero attached hydrogens (tertiary/aromatic N) is 1. The lowest BCUT2D eigenvalue weighted by atomic mass is 10.0. The average molecular weight is 385 g/mol. The quantitative estimate of drug-likeness (QED) is 0.744. The minimum absolute atomic E-state index is 0.265. The Morgan fingerprint density at radius 3 is 2.61 bits per heavy atom. The van der Waals surface area contributed by atoms with E-state index in [-0.39, 0.29) is 6.10 Å². The van der Waals surface area contributed by atoms with Crippen molar-refractivity contribution in [3.63, 3.8) is 0 Å². The third-order valence-corrected chi connectivity index (χ3v) is 3.88. The van der Waals surface area contributed by atoms with Crippen LogP contribution < -0.4 is 5.32 Å². The molecule has 2 aromatic rings. The third-order valence-electron chi connectivity index (χ3n) is 3.41. The fourth-order valence-corrected chi connectivity index (χ4v) is 2.71. The Balaban J connectivity index is 1.87. The number of anilines is 2. The molecule has 0 unspecified atom stereocenters. The lowest BCUT2D eigenvalue weighted by Gasteiger charge is -2.16. The summed E-state index contributed by atoms with van der Waals surface area (Å²) < 4.78 is 39.1. The Labute approximate surface area is 139 Å². The summed E-state index contributed by atoms with van der Waals surface area (Å²) in [4.78, 5) is 5.33. The molecule has 1 N–H and O–H groups in total. The topological polar surface area (TPSA) is 33.6 Å². The fourth-order valence-electron chi connectivity index (χ4n) is 2.34. The van der Waals surface area contributed by atoms with E-state index in [1.165, 1.54) is 6.07 Å². The lowest BCUT2D eigenvalue weighted by molar-refractivity contribution is -0.137. The number of hydrogen-bond donors (Lipinski definition) is 1. The van der Waals surface area contributed by atoms with Crippen LogP contribution >= 0.6 is 15.9 Å². The molecule has 0 aromatic heterocycles. The van der Waals surface area contributed by atoms with Crippen molar-refractivity contribution in [2.75, 3.05) is 5.32 Å². The second-order valence-electron chi connectivity index (χ2n) is 5.06. The number of halogens is 4. The van der Waals surface area contributed by atoms with Crippen molar-refractivity contribution in [1.82, 2.24) is 0 Å². The molecular formula is C16H12BrF3N2O. The molecule has 0 aliphatic carbocycles. The predicted molar refractivity (Wildman–Crippen MR) is 86.0 cm³/mol. The van der Waals surface area contributed by atoms with Crippen LogP contribution in [0.3, 0.4) is 0 Å². The van der Waals surface area contributed by atoms with Gasteiger partial charge in [0.15, 0.2) is 6.10 Å². The summed E-state index contributed by atoms with van der Waals surface area (Å²) in [6.45, 7) is 0. The largest absolute Gasteiger partial charge is 0.416 e. The van der Waals surface area contributed by atoms with Crippen LogP contribution in [-0.4, -0.2) is 4.62 Å². The van der Waals surface area contributed by atoms with E-state index in [9.17, 15) is 13.2 Å². The molecule has 1 aliphatic rings. The van der Waals surface area contributed by atoms with Crippen LogP contribution in [0.1, 0.15) is 23.7 Å². The van der Waals surface area contributed by atoms with Crippen LogP contribution in [0.5, 0.6) is 0 Å². The van der Waals surface area contributed by atoms with Gasteiger partial charge in [-0.15, -0.1) is 0 Å². The van der Waals surface area contributed by atoms with Crippen LogP contribution in [0.15, 0.2) is 53.7 Å². The zero-order valence-electron chi connectivity index (χ0n) is 11.8. The van der Waals surface area contributed by atoms with E-state index in [1.54, 1.807) is 12.1 Å². The number of para-hydroxylation sites is 1. The molecule has 0 fully saturated rings. The molecule has 3 nitrogen and oxygen atoms in total. The minimum Gasteiger partial charge on any atom is -0.386 e. The van der Waals surface area contributed by atoms with Crippen LogP contribution in [0.4, 0.5) is 24.5 Å². The first-order chi connectivity index (χ1) is 10.9. The number of hydrogen-bond acceptors (Lipinski definition) is 3. The second-order valence-corrected chi connectivity index (χ2v) is 5.97. The Morgan fingerprint density at radius 1 is 1.13 bits per heavy atom. The molecule has 0 saturated heterocycles. The van der Waals surface area contributed by atoms with Crippen LogP contribution in [0.2, 0.25) is 0 Å². The van der Waals surface area contributed by atoms with Gasteiger partial charge in [-0.1, -0.05) is 29.4 Å². The first-order valence-electron chi connectivity index (χ1n) is 6.85. The molecule has 7 heteroatoms. The van der Waals surface area contributed by atoms with E-state index in [0.29, 0.717) is 22.4 Å². The molecule has 2 aromatic carbocycles. The van der Waals surface area contributed by atoms with E-state index in [0.717, 1.165) is 17.7 Å². The van der Waals surface area contributed by atoms with Gasteiger partial charge < -0.3 is 10.2 Å². The standard InChI is InChI=1S/C16H12BrF3N2O/c17-15-9-14(23-22-15)12-6-1-2-7-13(12)21-11-5-3-4-10(8-11)16(18,19)20/h1-8,14,21H,9H2/t14-/m1/s1. The molecule has 23 heavy (non-hydrogen) atoms. The van der Waals surface area contributed by atoms with Gasteiger partial charge >= 0.3 is 6.18 Å². The zero-order valence-corrected chi connectivity index (χ0v) is 13.4. The van der Waals surface area contributed by atoms with Crippen LogP contribution in [0, 0.1) is 0 Å². The highest BCUT2D eigenvalue weighted by molar-refractivity contribution is 9.18. The highest BCUT2D eigenvalue weighted by atomic mass is 79.9. The molecule has 1 atom stereocenters. The Hall–Kier alpha value is -2.02. The first kappa shape index (κ1) is 15.9. The SMILES string of the molecule is FC(F)(F)c1cccc(Nc2ccccc2[C@H]2CC(Br)=NO2)c1. The smallest absolute Gasteiger partial charge is 0.386 e. The van der Waals surface area contributed by atoms with Crippen LogP contribution in [-0.2, 0) is 11.0 Å². The summed E-state index contributed by atoms with van der Waals surface area (Å²) in [6, 6.07) is 12.4. The molecule has 0 bridgehead atoms. The Morgan fingerprint density at radius 2 is 1.91 bits per heavy atom. The molecule has 120 valence electrons. The molecule has 0 saturated carbocycles. The highest BCUT2D eigenvalue weighted by Gasteiger charge is 2.30. The van der Waals surface area contributed by atoms with Crippen LogP contribution in [0.25, 0.3) is 0 Å². The number of rotatable bonds is 3. The van der Waals surface area contributed by atoms with Crippen molar-refractivity contribution in [2.45, 2.75) is 18.7 Å². The van der Waals surface area contributed by atoms with Crippen molar-refractivity contribution >= 4 is 31.9 Å². The number of nitrogens with one attached hydrogen (secondary N) is 1. The van der Waals surface area contributed by atoms with E-state index in [4.69, 9.17) is 4.84 Å². The maximum absolute atomic E-state index is 12.8. The lowest BCUT2D eigenvalue weighted by Crippen LogP contribution is -2.06. The van der Waals surface area contributed by atoms with Crippen molar-refractivity contribution in [1.29, 1.82) is 0 Å². The minimum atomic E-state index is -4.37. The Kier molecular flexibility index (Phi) is 4.30. The van der Waals surface area contributed by atoms with Gasteiger partial charge in [0, 0.05) is 23.4 Å². The van der Waals surface area contributed by atoms with Crippen molar-refractivity contribution in [2.24, 2.45) is 5.16 Å². The van der Waals surface area contributed by atoms with Crippen molar-refractivity contribution in [3.8, 4) is 0 Å². The molecular weight excluding hydrogens is 373 g/mol. The van der Waals surface area contributed by atoms with Gasteiger partial charge in [0.05, 0.1) is 5.56 Å². The summed E-state index contributed by atoms with van der Waals surface area (Å²) in [5.41, 5.74) is 1.20. The molecule has 1 aliphatic heterocycles. The molecule has 1 heterocycles. The summed E-state index contributed by atoms with van der Waals surface area (Å²) in [5.74, 6) is 0. The fraction of sp³-hybridized carbons (Fsp3) is 0.188. The van der Waals surface area contributed by atoms with Gasteiger partial charge in [0.25, 0.3) is 0 Å². The van der Waals surface area contributed by atoms with Gasteiger partial charge in [0.1, 0.15) is 4.62 Å². The Bertz CT molecular complexity index is 746. The summed E-state index contributed by atoms with van der Waals surface area (Å²) in [7, 11) is 0. The zero-order chi connectivity index (χ0) is 16.4. The number of oxime groups is 1. The molecule has 0 spiro atoms. The van der Waals surface area contributed by atoms with Gasteiger partial charge in [-0.25, -0.2) is 0 Å². The monoisotopic (exact) mass is 384 g/mol. The number of alkyl halides is 3. The van der Waals surface area contributed by atoms with Gasteiger partial charge in [0.2, 0.25) is 0 Å².